The summed E-state index contributed by atoms with van der Waals surface area (Å²) in [6, 6.07) is 6.27. The molecular formula is C17H21N5O. The summed E-state index contributed by atoms with van der Waals surface area (Å²) in [7, 11) is 0. The van der Waals surface area contributed by atoms with E-state index in [1.54, 1.807) is 0 Å². The number of nitrogens with two attached hydrogens (primary N) is 1. The van der Waals surface area contributed by atoms with Crippen LogP contribution in [0.3, 0.4) is 0 Å². The first-order valence-corrected chi connectivity index (χ1v) is 7.72. The number of imidazole rings is 1. The molecule has 2 N–H and O–H groups in total. The van der Waals surface area contributed by atoms with Crippen molar-refractivity contribution in [2.45, 2.75) is 33.4 Å². The number of hydrogen-bond acceptors (Lipinski definition) is 3. The SMILES string of the molecule is Cc1ccc2c(c1)OCCn1cc(C(N=CN)=NC(C)C)nc1-2. The van der Waals surface area contributed by atoms with Crippen LogP contribution in [0.2, 0.25) is 0 Å². The molecule has 0 spiro atoms. The summed E-state index contributed by atoms with van der Waals surface area (Å²) in [4.78, 5) is 13.4. The minimum absolute atomic E-state index is 0.119. The smallest absolute Gasteiger partial charge is 0.176 e. The zero-order valence-corrected chi connectivity index (χ0v) is 13.7. The van der Waals surface area contributed by atoms with Gasteiger partial charge in [-0.15, -0.1) is 0 Å². The lowest BCUT2D eigenvalue weighted by atomic mass is 10.1. The van der Waals surface area contributed by atoms with Gasteiger partial charge in [0.1, 0.15) is 23.9 Å². The van der Waals surface area contributed by atoms with E-state index >= 15 is 0 Å². The summed E-state index contributed by atoms with van der Waals surface area (Å²) in [6.07, 6.45) is 3.22. The van der Waals surface area contributed by atoms with Crippen molar-refractivity contribution in [1.82, 2.24) is 9.55 Å². The van der Waals surface area contributed by atoms with Crippen LogP contribution in [0.1, 0.15) is 25.1 Å². The van der Waals surface area contributed by atoms with Crippen molar-refractivity contribution >= 4 is 12.2 Å². The second-order valence-electron chi connectivity index (χ2n) is 5.82. The fraction of sp³-hybridized carbons (Fsp3) is 0.353. The van der Waals surface area contributed by atoms with Crippen LogP contribution in [0.5, 0.6) is 5.75 Å². The number of fused-ring (bicyclic) bond motifs is 3. The van der Waals surface area contributed by atoms with E-state index in [0.717, 1.165) is 29.4 Å². The zero-order valence-electron chi connectivity index (χ0n) is 13.7. The second-order valence-corrected chi connectivity index (χ2v) is 5.82. The van der Waals surface area contributed by atoms with Gasteiger partial charge in [0.25, 0.3) is 0 Å². The minimum Gasteiger partial charge on any atom is -0.491 e. The van der Waals surface area contributed by atoms with E-state index in [1.807, 2.05) is 32.2 Å². The third kappa shape index (κ3) is 3.11. The molecular weight excluding hydrogens is 290 g/mol. The molecule has 2 heterocycles. The van der Waals surface area contributed by atoms with Crippen molar-refractivity contribution in [3.8, 4) is 17.1 Å². The van der Waals surface area contributed by atoms with Gasteiger partial charge in [-0.3, -0.25) is 4.99 Å². The summed E-state index contributed by atoms with van der Waals surface area (Å²) < 4.78 is 7.92. The highest BCUT2D eigenvalue weighted by molar-refractivity contribution is 6.01. The standard InChI is InChI=1S/C17H21N5O/c1-11(2)20-16(19-10-18)14-9-22-6-7-23-15-8-12(3)4-5-13(15)17(22)21-14/h4-5,8-11H,6-7H2,1-3H3,(H2,18,19,20). The van der Waals surface area contributed by atoms with E-state index in [2.05, 4.69) is 27.5 Å². The highest BCUT2D eigenvalue weighted by Crippen LogP contribution is 2.32. The Kier molecular flexibility index (Phi) is 4.14. The molecule has 0 fully saturated rings. The van der Waals surface area contributed by atoms with Crippen molar-refractivity contribution in [2.24, 2.45) is 15.7 Å². The molecule has 6 heteroatoms. The molecule has 0 saturated heterocycles. The molecule has 0 saturated carbocycles. The molecule has 6 nitrogen and oxygen atoms in total. The van der Waals surface area contributed by atoms with Gasteiger partial charge in [0, 0.05) is 12.2 Å². The molecule has 23 heavy (non-hydrogen) atoms. The van der Waals surface area contributed by atoms with Crippen molar-refractivity contribution < 1.29 is 4.74 Å². The van der Waals surface area contributed by atoms with Crippen LogP contribution in [-0.4, -0.2) is 34.4 Å². The van der Waals surface area contributed by atoms with Crippen LogP contribution in [0.15, 0.2) is 34.4 Å². The molecule has 0 bridgehead atoms. The largest absolute Gasteiger partial charge is 0.491 e. The van der Waals surface area contributed by atoms with Gasteiger partial charge in [-0.2, -0.15) is 0 Å². The van der Waals surface area contributed by atoms with Crippen LogP contribution in [-0.2, 0) is 6.54 Å². The first kappa shape index (κ1) is 15.3. The van der Waals surface area contributed by atoms with Crippen molar-refractivity contribution in [2.75, 3.05) is 6.61 Å². The number of aromatic nitrogens is 2. The monoisotopic (exact) mass is 311 g/mol. The quantitative estimate of drug-likeness (QED) is 0.683. The van der Waals surface area contributed by atoms with E-state index in [4.69, 9.17) is 15.5 Å². The Hall–Kier alpha value is -2.63. The summed E-state index contributed by atoms with van der Waals surface area (Å²) in [5.74, 6) is 2.29. The van der Waals surface area contributed by atoms with Gasteiger partial charge >= 0.3 is 0 Å². The normalized spacial score (nSPS) is 14.5. The number of ether oxygens (including phenoxy) is 1. The molecule has 1 aromatic heterocycles. The number of rotatable bonds is 2. The van der Waals surface area contributed by atoms with Crippen molar-refractivity contribution in [3.05, 3.63) is 35.7 Å². The van der Waals surface area contributed by atoms with Crippen LogP contribution >= 0.6 is 0 Å². The molecule has 0 unspecified atom stereocenters. The maximum absolute atomic E-state index is 5.84. The number of aryl methyl sites for hydroxylation is 1. The predicted molar refractivity (Wildman–Crippen MR) is 92.2 cm³/mol. The minimum atomic E-state index is 0.119. The van der Waals surface area contributed by atoms with Crippen LogP contribution in [0, 0.1) is 6.92 Å². The predicted octanol–water partition coefficient (Wildman–Crippen LogP) is 2.39. The Morgan fingerprint density at radius 2 is 2.26 bits per heavy atom. The summed E-state index contributed by atoms with van der Waals surface area (Å²) in [5, 5.41) is 0. The molecule has 1 aliphatic heterocycles. The number of nitrogens with zero attached hydrogens (tertiary/aromatic N) is 4. The number of benzene rings is 1. The van der Waals surface area contributed by atoms with Crippen molar-refractivity contribution in [1.29, 1.82) is 0 Å². The van der Waals surface area contributed by atoms with Crippen LogP contribution in [0.25, 0.3) is 11.4 Å². The van der Waals surface area contributed by atoms with Crippen LogP contribution < -0.4 is 10.5 Å². The first-order chi connectivity index (χ1) is 11.1. The van der Waals surface area contributed by atoms with E-state index in [9.17, 15) is 0 Å². The molecule has 0 amide bonds. The van der Waals surface area contributed by atoms with E-state index in [0.29, 0.717) is 12.4 Å². The van der Waals surface area contributed by atoms with Gasteiger partial charge < -0.3 is 15.0 Å². The maximum atomic E-state index is 5.84. The number of hydrogen-bond donors (Lipinski definition) is 1. The van der Waals surface area contributed by atoms with Gasteiger partial charge in [0.2, 0.25) is 0 Å². The Labute approximate surface area is 135 Å². The topological polar surface area (TPSA) is 77.8 Å². The van der Waals surface area contributed by atoms with Gasteiger partial charge in [-0.05, 0) is 38.5 Å². The second kappa shape index (κ2) is 6.24. The maximum Gasteiger partial charge on any atom is 0.176 e. The third-order valence-corrected chi connectivity index (χ3v) is 3.55. The third-order valence-electron chi connectivity index (χ3n) is 3.55. The van der Waals surface area contributed by atoms with Crippen molar-refractivity contribution in [3.63, 3.8) is 0 Å². The highest BCUT2D eigenvalue weighted by atomic mass is 16.5. The van der Waals surface area contributed by atoms with E-state index in [1.165, 1.54) is 11.9 Å². The Balaban J connectivity index is 2.11. The lowest BCUT2D eigenvalue weighted by Crippen LogP contribution is -2.07. The van der Waals surface area contributed by atoms with Crippen LogP contribution in [0.4, 0.5) is 0 Å². The number of amidine groups is 1. The lowest BCUT2D eigenvalue weighted by molar-refractivity contribution is 0.306. The van der Waals surface area contributed by atoms with E-state index in [-0.39, 0.29) is 6.04 Å². The zero-order chi connectivity index (χ0) is 16.4. The Morgan fingerprint density at radius 3 is 3.00 bits per heavy atom. The molecule has 3 rings (SSSR count). The fourth-order valence-corrected chi connectivity index (χ4v) is 2.58. The van der Waals surface area contributed by atoms with Gasteiger partial charge in [0.15, 0.2) is 5.84 Å². The molecule has 0 radical (unpaired) electrons. The van der Waals surface area contributed by atoms with Gasteiger partial charge in [-0.25, -0.2) is 9.98 Å². The van der Waals surface area contributed by atoms with E-state index < -0.39 is 0 Å². The molecule has 1 aromatic carbocycles. The number of aliphatic imine (C=N–C) groups is 2. The molecule has 1 aliphatic rings. The highest BCUT2D eigenvalue weighted by Gasteiger charge is 2.20. The van der Waals surface area contributed by atoms with Gasteiger partial charge in [0.05, 0.1) is 18.4 Å². The average Bonchev–Trinajstić information content (AvgIpc) is 2.83. The molecule has 120 valence electrons. The Bertz CT molecular complexity index is 773. The summed E-state index contributed by atoms with van der Waals surface area (Å²) in [5.41, 5.74) is 8.33. The average molecular weight is 311 g/mol. The molecule has 0 atom stereocenters. The lowest BCUT2D eigenvalue weighted by Gasteiger charge is -2.06. The summed E-state index contributed by atoms with van der Waals surface area (Å²) in [6.45, 7) is 7.39. The Morgan fingerprint density at radius 1 is 1.43 bits per heavy atom. The molecule has 0 aliphatic carbocycles. The van der Waals surface area contributed by atoms with Gasteiger partial charge in [-0.1, -0.05) is 6.07 Å². The first-order valence-electron chi connectivity index (χ1n) is 7.72. The fourth-order valence-electron chi connectivity index (χ4n) is 2.58. The summed E-state index contributed by atoms with van der Waals surface area (Å²) >= 11 is 0. The molecule has 2 aromatic rings.